The molecule has 2 aromatic rings. The van der Waals surface area contributed by atoms with E-state index >= 15 is 0 Å². The van der Waals surface area contributed by atoms with Crippen molar-refractivity contribution in [3.8, 4) is 0 Å². The SMILES string of the molecule is Cc1nnc(SCc2ccc(CNC(C)(C)C)o2)o1. The molecule has 5 nitrogen and oxygen atoms in total. The fourth-order valence-corrected chi connectivity index (χ4v) is 2.12. The minimum Gasteiger partial charge on any atom is -0.464 e. The first-order chi connectivity index (χ1) is 8.92. The highest BCUT2D eigenvalue weighted by atomic mass is 32.2. The normalized spacial score (nSPS) is 12.0. The molecule has 2 heterocycles. The maximum absolute atomic E-state index is 5.73. The Morgan fingerprint density at radius 1 is 1.16 bits per heavy atom. The number of thioether (sulfide) groups is 1. The Labute approximate surface area is 117 Å². The zero-order valence-electron chi connectivity index (χ0n) is 11.7. The molecule has 0 saturated heterocycles. The maximum atomic E-state index is 5.73. The van der Waals surface area contributed by atoms with Crippen LogP contribution in [0.5, 0.6) is 0 Å². The van der Waals surface area contributed by atoms with Crippen LogP contribution in [0.4, 0.5) is 0 Å². The molecular formula is C13H19N3O2S. The van der Waals surface area contributed by atoms with E-state index in [0.717, 1.165) is 18.1 Å². The molecule has 0 radical (unpaired) electrons. The van der Waals surface area contributed by atoms with Crippen molar-refractivity contribution in [1.29, 1.82) is 0 Å². The molecule has 0 aromatic carbocycles. The maximum Gasteiger partial charge on any atom is 0.277 e. The Morgan fingerprint density at radius 3 is 2.53 bits per heavy atom. The Kier molecular flexibility index (Phi) is 4.31. The smallest absolute Gasteiger partial charge is 0.277 e. The van der Waals surface area contributed by atoms with Gasteiger partial charge >= 0.3 is 0 Å². The van der Waals surface area contributed by atoms with Gasteiger partial charge in [-0.3, -0.25) is 0 Å². The van der Waals surface area contributed by atoms with Crippen LogP contribution >= 0.6 is 11.8 Å². The minimum atomic E-state index is 0.0863. The molecule has 0 amide bonds. The van der Waals surface area contributed by atoms with Gasteiger partial charge in [0, 0.05) is 12.5 Å². The number of hydrogen-bond acceptors (Lipinski definition) is 6. The lowest BCUT2D eigenvalue weighted by molar-refractivity contribution is 0.382. The molecule has 0 fully saturated rings. The number of rotatable bonds is 5. The van der Waals surface area contributed by atoms with Gasteiger partial charge < -0.3 is 14.2 Å². The molecule has 0 bridgehead atoms. The highest BCUT2D eigenvalue weighted by Crippen LogP contribution is 2.22. The Hall–Kier alpha value is -1.27. The van der Waals surface area contributed by atoms with Gasteiger partial charge in [-0.15, -0.1) is 10.2 Å². The van der Waals surface area contributed by atoms with E-state index in [1.165, 1.54) is 11.8 Å². The van der Waals surface area contributed by atoms with Crippen LogP contribution in [0, 0.1) is 6.92 Å². The summed E-state index contributed by atoms with van der Waals surface area (Å²) in [6.45, 7) is 8.90. The summed E-state index contributed by atoms with van der Waals surface area (Å²) in [5.74, 6) is 3.12. The molecule has 0 unspecified atom stereocenters. The van der Waals surface area contributed by atoms with Crippen LogP contribution in [0.3, 0.4) is 0 Å². The van der Waals surface area contributed by atoms with E-state index in [0.29, 0.717) is 16.9 Å². The molecule has 0 spiro atoms. The summed E-state index contributed by atoms with van der Waals surface area (Å²) < 4.78 is 11.0. The van der Waals surface area contributed by atoms with E-state index in [1.54, 1.807) is 6.92 Å². The van der Waals surface area contributed by atoms with Gasteiger partial charge in [0.15, 0.2) is 0 Å². The minimum absolute atomic E-state index is 0.0863. The standard InChI is InChI=1S/C13H19N3O2S/c1-9-15-16-12(17-9)19-8-11-6-5-10(18-11)7-14-13(2,3)4/h5-6,14H,7-8H2,1-4H3. The van der Waals surface area contributed by atoms with Crippen molar-refractivity contribution in [2.45, 2.75) is 50.8 Å². The Morgan fingerprint density at radius 2 is 1.89 bits per heavy atom. The van der Waals surface area contributed by atoms with Crippen molar-refractivity contribution in [2.75, 3.05) is 0 Å². The van der Waals surface area contributed by atoms with Crippen molar-refractivity contribution < 1.29 is 8.83 Å². The van der Waals surface area contributed by atoms with Crippen LogP contribution in [-0.4, -0.2) is 15.7 Å². The highest BCUT2D eigenvalue weighted by Gasteiger charge is 2.11. The molecule has 0 aliphatic heterocycles. The second-order valence-corrected chi connectivity index (χ2v) is 6.27. The second kappa shape index (κ2) is 5.79. The van der Waals surface area contributed by atoms with E-state index in [1.807, 2.05) is 12.1 Å². The number of furan rings is 1. The zero-order valence-corrected chi connectivity index (χ0v) is 12.5. The molecule has 19 heavy (non-hydrogen) atoms. The molecule has 6 heteroatoms. The molecule has 2 aromatic heterocycles. The van der Waals surface area contributed by atoms with Crippen LogP contribution in [0.2, 0.25) is 0 Å². The molecule has 0 aliphatic rings. The van der Waals surface area contributed by atoms with Gasteiger partial charge in [-0.05, 0) is 32.9 Å². The van der Waals surface area contributed by atoms with Gasteiger partial charge in [0.05, 0.1) is 12.3 Å². The predicted molar refractivity (Wildman–Crippen MR) is 73.9 cm³/mol. The van der Waals surface area contributed by atoms with Crippen LogP contribution < -0.4 is 5.32 Å². The topological polar surface area (TPSA) is 64.1 Å². The van der Waals surface area contributed by atoms with Crippen molar-refractivity contribution in [1.82, 2.24) is 15.5 Å². The Balaban J connectivity index is 1.84. The molecule has 1 N–H and O–H groups in total. The highest BCUT2D eigenvalue weighted by molar-refractivity contribution is 7.98. The van der Waals surface area contributed by atoms with E-state index in [9.17, 15) is 0 Å². The first-order valence-electron chi connectivity index (χ1n) is 6.18. The lowest BCUT2D eigenvalue weighted by Gasteiger charge is -2.19. The number of nitrogens with zero attached hydrogens (tertiary/aromatic N) is 2. The van der Waals surface area contributed by atoms with Gasteiger partial charge in [0.2, 0.25) is 5.89 Å². The van der Waals surface area contributed by atoms with E-state index < -0.39 is 0 Å². The van der Waals surface area contributed by atoms with E-state index in [-0.39, 0.29) is 5.54 Å². The number of hydrogen-bond donors (Lipinski definition) is 1. The van der Waals surface area contributed by atoms with Gasteiger partial charge in [0.25, 0.3) is 5.22 Å². The van der Waals surface area contributed by atoms with Crippen molar-refractivity contribution in [2.24, 2.45) is 0 Å². The van der Waals surface area contributed by atoms with Gasteiger partial charge in [-0.2, -0.15) is 0 Å². The average molecular weight is 281 g/mol. The van der Waals surface area contributed by atoms with E-state index in [4.69, 9.17) is 8.83 Å². The fraction of sp³-hybridized carbons (Fsp3) is 0.538. The number of aryl methyl sites for hydroxylation is 1. The summed E-state index contributed by atoms with van der Waals surface area (Å²) in [5, 5.41) is 11.7. The summed E-state index contributed by atoms with van der Waals surface area (Å²) in [5.41, 5.74) is 0.0863. The monoisotopic (exact) mass is 281 g/mol. The number of aromatic nitrogens is 2. The van der Waals surface area contributed by atoms with Crippen LogP contribution in [0.15, 0.2) is 26.2 Å². The molecule has 2 rings (SSSR count). The van der Waals surface area contributed by atoms with Crippen LogP contribution in [0.25, 0.3) is 0 Å². The van der Waals surface area contributed by atoms with Crippen molar-refractivity contribution in [3.05, 3.63) is 29.5 Å². The predicted octanol–water partition coefficient (Wildman–Crippen LogP) is 3.15. The summed E-state index contributed by atoms with van der Waals surface area (Å²) in [6, 6.07) is 3.98. The van der Waals surface area contributed by atoms with Crippen molar-refractivity contribution >= 4 is 11.8 Å². The third-order valence-corrected chi connectivity index (χ3v) is 3.20. The third kappa shape index (κ3) is 4.72. The van der Waals surface area contributed by atoms with Crippen LogP contribution in [-0.2, 0) is 12.3 Å². The average Bonchev–Trinajstić information content (AvgIpc) is 2.92. The lowest BCUT2D eigenvalue weighted by Crippen LogP contribution is -2.34. The Bertz CT molecular complexity index is 528. The second-order valence-electron chi connectivity index (χ2n) is 5.35. The quantitative estimate of drug-likeness (QED) is 0.849. The largest absolute Gasteiger partial charge is 0.464 e. The van der Waals surface area contributed by atoms with Gasteiger partial charge in [-0.1, -0.05) is 11.8 Å². The summed E-state index contributed by atoms with van der Waals surface area (Å²) in [4.78, 5) is 0. The molecule has 104 valence electrons. The zero-order chi connectivity index (χ0) is 13.9. The fourth-order valence-electron chi connectivity index (χ4n) is 1.42. The van der Waals surface area contributed by atoms with Gasteiger partial charge in [0.1, 0.15) is 11.5 Å². The van der Waals surface area contributed by atoms with Crippen LogP contribution in [0.1, 0.15) is 38.2 Å². The first kappa shape index (κ1) is 14.1. The van der Waals surface area contributed by atoms with Crippen molar-refractivity contribution in [3.63, 3.8) is 0 Å². The molecule has 0 atom stereocenters. The van der Waals surface area contributed by atoms with Gasteiger partial charge in [-0.25, -0.2) is 0 Å². The molecule has 0 saturated carbocycles. The molecule has 0 aliphatic carbocycles. The lowest BCUT2D eigenvalue weighted by atomic mass is 10.1. The molecular weight excluding hydrogens is 262 g/mol. The summed E-state index contributed by atoms with van der Waals surface area (Å²) in [7, 11) is 0. The third-order valence-electron chi connectivity index (χ3n) is 2.36. The first-order valence-corrected chi connectivity index (χ1v) is 7.16. The number of nitrogens with one attached hydrogen (secondary N) is 1. The summed E-state index contributed by atoms with van der Waals surface area (Å²) in [6.07, 6.45) is 0. The van der Waals surface area contributed by atoms with E-state index in [2.05, 4.69) is 36.3 Å². The summed E-state index contributed by atoms with van der Waals surface area (Å²) >= 11 is 1.48.